The molecule has 0 aliphatic carbocycles. The number of aromatic nitrogens is 4. The maximum Gasteiger partial charge on any atom is 0.227 e. The number of rotatable bonds is 5. The van der Waals surface area contributed by atoms with E-state index in [1.54, 1.807) is 18.3 Å². The maximum atomic E-state index is 14.2. The van der Waals surface area contributed by atoms with E-state index in [1.165, 1.54) is 7.11 Å². The third-order valence-corrected chi connectivity index (χ3v) is 4.30. The Morgan fingerprint density at radius 2 is 1.96 bits per heavy atom. The number of nitrogens with one attached hydrogen (secondary N) is 2. The molecule has 0 saturated carbocycles. The van der Waals surface area contributed by atoms with Crippen molar-refractivity contribution in [2.45, 2.75) is 0 Å². The summed E-state index contributed by atoms with van der Waals surface area (Å²) in [6.07, 6.45) is 1.65. The summed E-state index contributed by atoms with van der Waals surface area (Å²) in [5, 5.41) is 9.83. The number of ether oxygens (including phenoxy) is 2. The number of nitrogens with zero attached hydrogens (tertiary/aromatic N) is 4. The molecule has 0 atom stereocenters. The Kier molecular flexibility index (Phi) is 5.02. The van der Waals surface area contributed by atoms with Crippen molar-refractivity contribution in [3.05, 3.63) is 42.1 Å². The molecule has 0 bridgehead atoms. The first-order valence-electron chi connectivity index (χ1n) is 8.65. The zero-order chi connectivity index (χ0) is 19.5. The highest BCUT2D eigenvalue weighted by atomic mass is 19.1. The first-order valence-corrected chi connectivity index (χ1v) is 8.65. The summed E-state index contributed by atoms with van der Waals surface area (Å²) in [6, 6.07) is 5.33. The molecule has 0 spiro atoms. The largest absolute Gasteiger partial charge is 0.494 e. The van der Waals surface area contributed by atoms with E-state index in [-0.39, 0.29) is 11.3 Å². The minimum Gasteiger partial charge on any atom is -0.494 e. The standard InChI is InChI=1S/C18H18F2N6O2/c1-27-15-9-12(19)11(8-13(15)20)14-10-17(25-24-14)22-16-2-3-21-18(23-16)26-4-6-28-7-5-26/h2-3,8-10H,4-7H2,1H3,(H2,21,22,23,24,25). The fraction of sp³-hybridized carbons (Fsp3) is 0.278. The average molecular weight is 388 g/mol. The SMILES string of the molecule is COc1cc(F)c(-c2cc(Nc3ccnc(N4CCOCC4)n3)n[nH]2)cc1F. The number of anilines is 3. The molecule has 1 saturated heterocycles. The molecule has 2 aromatic heterocycles. The number of hydrogen-bond acceptors (Lipinski definition) is 7. The molecule has 3 aromatic rings. The second-order valence-electron chi connectivity index (χ2n) is 6.10. The zero-order valence-electron chi connectivity index (χ0n) is 15.1. The monoisotopic (exact) mass is 388 g/mol. The number of methoxy groups -OCH3 is 1. The summed E-state index contributed by atoms with van der Waals surface area (Å²) in [5.74, 6) is 0.107. The van der Waals surface area contributed by atoms with Crippen molar-refractivity contribution < 1.29 is 18.3 Å². The van der Waals surface area contributed by atoms with Gasteiger partial charge in [0.25, 0.3) is 0 Å². The molecule has 1 aliphatic heterocycles. The van der Waals surface area contributed by atoms with Crippen molar-refractivity contribution in [3.8, 4) is 17.0 Å². The molecule has 28 heavy (non-hydrogen) atoms. The van der Waals surface area contributed by atoms with Gasteiger partial charge in [0.05, 0.1) is 26.0 Å². The van der Waals surface area contributed by atoms with Gasteiger partial charge in [0.1, 0.15) is 11.6 Å². The first-order chi connectivity index (χ1) is 13.6. The third kappa shape index (κ3) is 3.72. The summed E-state index contributed by atoms with van der Waals surface area (Å²) in [4.78, 5) is 10.8. The van der Waals surface area contributed by atoms with Crippen LogP contribution in [0.2, 0.25) is 0 Å². The van der Waals surface area contributed by atoms with E-state index in [4.69, 9.17) is 9.47 Å². The van der Waals surface area contributed by atoms with Crippen molar-refractivity contribution in [1.82, 2.24) is 20.2 Å². The number of hydrogen-bond donors (Lipinski definition) is 2. The molecule has 1 fully saturated rings. The molecule has 0 unspecified atom stereocenters. The van der Waals surface area contributed by atoms with Crippen LogP contribution in [0.15, 0.2) is 30.5 Å². The quantitative estimate of drug-likeness (QED) is 0.695. The van der Waals surface area contributed by atoms with E-state index in [1.807, 2.05) is 4.90 Å². The predicted octanol–water partition coefficient (Wildman–Crippen LogP) is 2.73. The summed E-state index contributed by atoms with van der Waals surface area (Å²) >= 11 is 0. The van der Waals surface area contributed by atoms with Gasteiger partial charge in [0, 0.05) is 37.0 Å². The molecule has 8 nitrogen and oxygen atoms in total. The van der Waals surface area contributed by atoms with Gasteiger partial charge >= 0.3 is 0 Å². The Hall–Kier alpha value is -3.27. The van der Waals surface area contributed by atoms with Gasteiger partial charge in [-0.3, -0.25) is 5.10 Å². The lowest BCUT2D eigenvalue weighted by Crippen LogP contribution is -2.37. The van der Waals surface area contributed by atoms with Gasteiger partial charge in [-0.2, -0.15) is 10.1 Å². The lowest BCUT2D eigenvalue weighted by atomic mass is 10.1. The number of aromatic amines is 1. The summed E-state index contributed by atoms with van der Waals surface area (Å²) in [7, 11) is 1.28. The van der Waals surface area contributed by atoms with Crippen LogP contribution in [0.4, 0.5) is 26.4 Å². The first kappa shape index (κ1) is 18.1. The topological polar surface area (TPSA) is 88.2 Å². The fourth-order valence-electron chi connectivity index (χ4n) is 2.88. The van der Waals surface area contributed by atoms with Crippen LogP contribution in [0.1, 0.15) is 0 Å². The maximum absolute atomic E-state index is 14.2. The van der Waals surface area contributed by atoms with E-state index in [0.29, 0.717) is 36.5 Å². The molecule has 3 heterocycles. The molecule has 4 rings (SSSR count). The lowest BCUT2D eigenvalue weighted by Gasteiger charge is -2.26. The van der Waals surface area contributed by atoms with Crippen molar-refractivity contribution in [1.29, 1.82) is 0 Å². The molecule has 146 valence electrons. The lowest BCUT2D eigenvalue weighted by molar-refractivity contribution is 0.122. The van der Waals surface area contributed by atoms with Crippen molar-refractivity contribution in [2.75, 3.05) is 43.6 Å². The van der Waals surface area contributed by atoms with Crippen LogP contribution < -0.4 is 15.0 Å². The number of morpholine rings is 1. The van der Waals surface area contributed by atoms with Crippen LogP contribution >= 0.6 is 0 Å². The average Bonchev–Trinajstić information content (AvgIpc) is 3.18. The molecular formula is C18H18F2N6O2. The summed E-state index contributed by atoms with van der Waals surface area (Å²) in [6.45, 7) is 2.71. The minimum atomic E-state index is -0.658. The molecule has 1 aliphatic rings. The number of benzene rings is 1. The Balaban J connectivity index is 1.53. The second-order valence-corrected chi connectivity index (χ2v) is 6.10. The zero-order valence-corrected chi connectivity index (χ0v) is 15.1. The van der Waals surface area contributed by atoms with Crippen LogP contribution in [0.3, 0.4) is 0 Å². The van der Waals surface area contributed by atoms with Gasteiger partial charge in [-0.1, -0.05) is 0 Å². The summed E-state index contributed by atoms with van der Waals surface area (Å²) < 4.78 is 38.3. The van der Waals surface area contributed by atoms with Gasteiger partial charge in [-0.15, -0.1) is 0 Å². The van der Waals surface area contributed by atoms with E-state index in [2.05, 4.69) is 25.5 Å². The van der Waals surface area contributed by atoms with Crippen molar-refractivity contribution >= 4 is 17.6 Å². The third-order valence-electron chi connectivity index (χ3n) is 4.30. The highest BCUT2D eigenvalue weighted by Gasteiger charge is 2.16. The van der Waals surface area contributed by atoms with Crippen LogP contribution in [-0.4, -0.2) is 53.6 Å². The Morgan fingerprint density at radius 1 is 1.14 bits per heavy atom. The molecule has 0 amide bonds. The highest BCUT2D eigenvalue weighted by molar-refractivity contribution is 5.66. The van der Waals surface area contributed by atoms with Gasteiger partial charge in [-0.05, 0) is 12.1 Å². The minimum absolute atomic E-state index is 0.0514. The van der Waals surface area contributed by atoms with Gasteiger partial charge < -0.3 is 19.7 Å². The Labute approximate surface area is 159 Å². The smallest absolute Gasteiger partial charge is 0.227 e. The van der Waals surface area contributed by atoms with E-state index >= 15 is 0 Å². The normalized spacial score (nSPS) is 14.2. The summed E-state index contributed by atoms with van der Waals surface area (Å²) in [5.41, 5.74) is 0.375. The number of H-pyrrole nitrogens is 1. The van der Waals surface area contributed by atoms with Crippen LogP contribution in [-0.2, 0) is 4.74 Å². The van der Waals surface area contributed by atoms with Gasteiger partial charge in [0.15, 0.2) is 17.4 Å². The predicted molar refractivity (Wildman–Crippen MR) is 98.8 cm³/mol. The second kappa shape index (κ2) is 7.77. The van der Waals surface area contributed by atoms with Gasteiger partial charge in [0.2, 0.25) is 5.95 Å². The van der Waals surface area contributed by atoms with Crippen molar-refractivity contribution in [2.24, 2.45) is 0 Å². The van der Waals surface area contributed by atoms with Gasteiger partial charge in [-0.25, -0.2) is 13.8 Å². The molecule has 1 aromatic carbocycles. The molecule has 2 N–H and O–H groups in total. The van der Waals surface area contributed by atoms with Crippen LogP contribution in [0, 0.1) is 11.6 Å². The van der Waals surface area contributed by atoms with Crippen LogP contribution in [0.25, 0.3) is 11.3 Å². The number of halogens is 2. The van der Waals surface area contributed by atoms with Crippen LogP contribution in [0.5, 0.6) is 5.75 Å². The molecular weight excluding hydrogens is 370 g/mol. The van der Waals surface area contributed by atoms with E-state index < -0.39 is 11.6 Å². The molecule has 10 heteroatoms. The van der Waals surface area contributed by atoms with E-state index in [9.17, 15) is 8.78 Å². The highest BCUT2D eigenvalue weighted by Crippen LogP contribution is 2.29. The Morgan fingerprint density at radius 3 is 2.75 bits per heavy atom. The van der Waals surface area contributed by atoms with Crippen molar-refractivity contribution in [3.63, 3.8) is 0 Å². The Bertz CT molecular complexity index is 974. The molecule has 0 radical (unpaired) electrons. The van der Waals surface area contributed by atoms with E-state index in [0.717, 1.165) is 25.2 Å². The fourth-order valence-corrected chi connectivity index (χ4v) is 2.88.